The van der Waals surface area contributed by atoms with E-state index in [9.17, 15) is 4.79 Å². The number of hydrogen-bond donors (Lipinski definition) is 2. The number of halogens is 1. The van der Waals surface area contributed by atoms with Gasteiger partial charge in [-0.1, -0.05) is 17.7 Å². The van der Waals surface area contributed by atoms with E-state index in [1.165, 1.54) is 24.2 Å². The molecule has 0 bridgehead atoms. The molecule has 0 unspecified atom stereocenters. The van der Waals surface area contributed by atoms with E-state index in [2.05, 4.69) is 10.3 Å². The van der Waals surface area contributed by atoms with Crippen LogP contribution in [0.5, 0.6) is 0 Å². The van der Waals surface area contributed by atoms with Crippen LogP contribution in [0.1, 0.15) is 34.8 Å². The minimum absolute atomic E-state index is 0.281. The number of nitrogens with two attached hydrogens (primary N) is 1. The number of nitrogens with zero attached hydrogens (tertiary/aromatic N) is 1. The minimum atomic E-state index is -0.281. The first-order valence-electron chi connectivity index (χ1n) is 5.96. The number of amides is 1. The lowest BCUT2D eigenvalue weighted by Crippen LogP contribution is -2.14. The Morgan fingerprint density at radius 2 is 2.26 bits per heavy atom. The van der Waals surface area contributed by atoms with Crippen molar-refractivity contribution in [1.29, 1.82) is 0 Å². The Bertz CT molecular complexity index is 637. The Morgan fingerprint density at radius 3 is 3.00 bits per heavy atom. The summed E-state index contributed by atoms with van der Waals surface area (Å²) in [6, 6.07) is 5.00. The van der Waals surface area contributed by atoms with Crippen molar-refractivity contribution in [1.82, 2.24) is 4.98 Å². The lowest BCUT2D eigenvalue weighted by atomic mass is 10.1. The van der Waals surface area contributed by atoms with Gasteiger partial charge in [0.2, 0.25) is 0 Å². The first-order valence-corrected chi connectivity index (χ1v) is 7.21. The lowest BCUT2D eigenvalue weighted by molar-refractivity contribution is 0.102. The Labute approximate surface area is 119 Å². The third kappa shape index (κ3) is 2.57. The lowest BCUT2D eigenvalue weighted by Gasteiger charge is -2.06. The van der Waals surface area contributed by atoms with E-state index in [-0.39, 0.29) is 5.91 Å². The molecule has 1 aliphatic rings. The molecule has 1 aliphatic carbocycles. The number of carbonyl (C=O) groups excluding carboxylic acids is 1. The molecular weight excluding hydrogens is 282 g/mol. The molecule has 98 valence electrons. The van der Waals surface area contributed by atoms with Crippen LogP contribution >= 0.6 is 22.9 Å². The van der Waals surface area contributed by atoms with E-state index >= 15 is 0 Å². The Balaban J connectivity index is 1.78. The number of hydrogen-bond acceptors (Lipinski definition) is 4. The van der Waals surface area contributed by atoms with Crippen molar-refractivity contribution in [3.05, 3.63) is 39.9 Å². The quantitative estimate of drug-likeness (QED) is 0.851. The molecule has 6 heteroatoms. The molecule has 1 heterocycles. The standard InChI is InChI=1S/C13H12ClN3OS/c14-9-3-1-2-8(11(9)15)12(18)17-13-16-10(6-19-13)7-4-5-7/h1-3,6-7H,4-5,15H2,(H,16,17,18). The molecule has 2 aromatic rings. The van der Waals surface area contributed by atoms with Crippen LogP contribution in [0, 0.1) is 0 Å². The summed E-state index contributed by atoms with van der Waals surface area (Å²) in [5.41, 5.74) is 7.52. The summed E-state index contributed by atoms with van der Waals surface area (Å²) in [7, 11) is 0. The molecule has 3 N–H and O–H groups in total. The van der Waals surface area contributed by atoms with Crippen molar-refractivity contribution >= 4 is 39.7 Å². The highest BCUT2D eigenvalue weighted by atomic mass is 35.5. The second-order valence-electron chi connectivity index (χ2n) is 4.51. The second kappa shape index (κ2) is 4.83. The SMILES string of the molecule is Nc1c(Cl)cccc1C(=O)Nc1nc(C2CC2)cs1. The van der Waals surface area contributed by atoms with Crippen LogP contribution in [0.3, 0.4) is 0 Å². The van der Waals surface area contributed by atoms with Crippen LogP contribution in [-0.2, 0) is 0 Å². The number of aromatic nitrogens is 1. The molecule has 1 saturated carbocycles. The van der Waals surface area contributed by atoms with E-state index < -0.39 is 0 Å². The van der Waals surface area contributed by atoms with Gasteiger partial charge in [-0.25, -0.2) is 4.98 Å². The second-order valence-corrected chi connectivity index (χ2v) is 5.77. The normalized spacial score (nSPS) is 14.4. The maximum atomic E-state index is 12.1. The van der Waals surface area contributed by atoms with Gasteiger partial charge >= 0.3 is 0 Å². The highest BCUT2D eigenvalue weighted by Crippen LogP contribution is 2.40. The predicted octanol–water partition coefficient (Wildman–Crippen LogP) is 3.51. The number of nitrogen functional groups attached to an aromatic ring is 1. The number of rotatable bonds is 3. The van der Waals surface area contributed by atoms with Crippen LogP contribution < -0.4 is 11.1 Å². The third-order valence-electron chi connectivity index (χ3n) is 3.04. The highest BCUT2D eigenvalue weighted by Gasteiger charge is 2.26. The Hall–Kier alpha value is -1.59. The van der Waals surface area contributed by atoms with Crippen LogP contribution in [0.2, 0.25) is 5.02 Å². The van der Waals surface area contributed by atoms with Crippen molar-refractivity contribution < 1.29 is 4.79 Å². The monoisotopic (exact) mass is 293 g/mol. The van der Waals surface area contributed by atoms with Crippen molar-refractivity contribution in [2.45, 2.75) is 18.8 Å². The van der Waals surface area contributed by atoms with Crippen LogP contribution in [-0.4, -0.2) is 10.9 Å². The molecule has 4 nitrogen and oxygen atoms in total. The molecule has 0 spiro atoms. The van der Waals surface area contributed by atoms with Gasteiger partial charge in [0.1, 0.15) is 0 Å². The maximum Gasteiger partial charge on any atom is 0.259 e. The summed E-state index contributed by atoms with van der Waals surface area (Å²) in [6.45, 7) is 0. The zero-order chi connectivity index (χ0) is 13.4. The molecule has 1 fully saturated rings. The maximum absolute atomic E-state index is 12.1. The smallest absolute Gasteiger partial charge is 0.259 e. The number of thiazole rings is 1. The van der Waals surface area contributed by atoms with E-state index in [0.717, 1.165) is 5.69 Å². The average Bonchev–Trinajstić information content (AvgIpc) is 3.14. The van der Waals surface area contributed by atoms with Gasteiger partial charge in [-0.3, -0.25) is 10.1 Å². The van der Waals surface area contributed by atoms with Crippen LogP contribution in [0.15, 0.2) is 23.6 Å². The fourth-order valence-corrected chi connectivity index (χ4v) is 2.77. The van der Waals surface area contributed by atoms with Gasteiger partial charge in [0.05, 0.1) is 22.0 Å². The fraction of sp³-hybridized carbons (Fsp3) is 0.231. The first kappa shape index (κ1) is 12.4. The van der Waals surface area contributed by atoms with Gasteiger partial charge < -0.3 is 5.73 Å². The molecule has 1 aromatic heterocycles. The van der Waals surface area contributed by atoms with Crippen molar-refractivity contribution in [2.75, 3.05) is 11.1 Å². The molecule has 1 aromatic carbocycles. The van der Waals surface area contributed by atoms with Crippen molar-refractivity contribution in [2.24, 2.45) is 0 Å². The van der Waals surface area contributed by atoms with Crippen molar-refractivity contribution in [3.8, 4) is 0 Å². The number of benzene rings is 1. The van der Waals surface area contributed by atoms with Gasteiger partial charge in [-0.2, -0.15) is 0 Å². The number of carbonyl (C=O) groups is 1. The third-order valence-corrected chi connectivity index (χ3v) is 4.14. The van der Waals surface area contributed by atoms with Crippen LogP contribution in [0.25, 0.3) is 0 Å². The van der Waals surface area contributed by atoms with Gasteiger partial charge in [0.25, 0.3) is 5.91 Å². The summed E-state index contributed by atoms with van der Waals surface area (Å²) in [5.74, 6) is 0.301. The molecule has 0 radical (unpaired) electrons. The predicted molar refractivity (Wildman–Crippen MR) is 77.9 cm³/mol. The first-order chi connectivity index (χ1) is 9.15. The Kier molecular flexibility index (Phi) is 3.16. The van der Waals surface area contributed by atoms with E-state index in [1.807, 2.05) is 5.38 Å². The molecule has 3 rings (SSSR count). The summed E-state index contributed by atoms with van der Waals surface area (Å²) in [6.07, 6.45) is 2.39. The molecule has 0 aliphatic heterocycles. The highest BCUT2D eigenvalue weighted by molar-refractivity contribution is 7.14. The minimum Gasteiger partial charge on any atom is -0.397 e. The molecular formula is C13H12ClN3OS. The van der Waals surface area contributed by atoms with E-state index in [0.29, 0.717) is 27.3 Å². The fourth-order valence-electron chi connectivity index (χ4n) is 1.81. The van der Waals surface area contributed by atoms with Crippen molar-refractivity contribution in [3.63, 3.8) is 0 Å². The molecule has 19 heavy (non-hydrogen) atoms. The molecule has 0 saturated heterocycles. The van der Waals surface area contributed by atoms with Gasteiger partial charge in [-0.05, 0) is 25.0 Å². The Morgan fingerprint density at radius 1 is 1.47 bits per heavy atom. The molecule has 1 amide bonds. The van der Waals surface area contributed by atoms with Crippen LogP contribution in [0.4, 0.5) is 10.8 Å². The summed E-state index contributed by atoms with van der Waals surface area (Å²) < 4.78 is 0. The van der Waals surface area contributed by atoms with Gasteiger partial charge in [0, 0.05) is 11.3 Å². The molecule has 0 atom stereocenters. The summed E-state index contributed by atoms with van der Waals surface area (Å²) in [5, 5.41) is 5.74. The number of nitrogens with one attached hydrogen (secondary N) is 1. The van der Waals surface area contributed by atoms with Gasteiger partial charge in [-0.15, -0.1) is 11.3 Å². The number of para-hydroxylation sites is 1. The summed E-state index contributed by atoms with van der Waals surface area (Å²) in [4.78, 5) is 16.5. The summed E-state index contributed by atoms with van der Waals surface area (Å²) >= 11 is 7.33. The van der Waals surface area contributed by atoms with Gasteiger partial charge in [0.15, 0.2) is 5.13 Å². The van der Waals surface area contributed by atoms with E-state index in [4.69, 9.17) is 17.3 Å². The topological polar surface area (TPSA) is 68.0 Å². The zero-order valence-electron chi connectivity index (χ0n) is 10.0. The van der Waals surface area contributed by atoms with E-state index in [1.54, 1.807) is 18.2 Å². The number of anilines is 2. The zero-order valence-corrected chi connectivity index (χ0v) is 11.6. The average molecular weight is 294 g/mol. The largest absolute Gasteiger partial charge is 0.397 e.